The van der Waals surface area contributed by atoms with Crippen LogP contribution < -0.4 is 32.7 Å². The SMILES string of the molecule is NCCOCCOCCNC(=O)c1cc(C(N)=O)cc(C(=O)NCCOCCOCCNC(=O)CCC(O)NCO)c1. The second kappa shape index (κ2) is 23.4. The molecule has 0 radical (unpaired) electrons. The van der Waals surface area contributed by atoms with Gasteiger partial charge in [-0.25, -0.2) is 0 Å². The summed E-state index contributed by atoms with van der Waals surface area (Å²) < 4.78 is 21.3. The summed E-state index contributed by atoms with van der Waals surface area (Å²) in [6.07, 6.45) is -0.668. The topological polar surface area (TPSA) is 246 Å². The van der Waals surface area contributed by atoms with Gasteiger partial charge in [0.1, 0.15) is 6.23 Å². The summed E-state index contributed by atoms with van der Waals surface area (Å²) in [6, 6.07) is 3.98. The van der Waals surface area contributed by atoms with E-state index in [1.54, 1.807) is 0 Å². The zero-order valence-electron chi connectivity index (χ0n) is 23.7. The van der Waals surface area contributed by atoms with E-state index in [4.69, 9.17) is 35.5 Å². The lowest BCUT2D eigenvalue weighted by molar-refractivity contribution is -0.122. The fourth-order valence-electron chi connectivity index (χ4n) is 3.26. The van der Waals surface area contributed by atoms with Crippen molar-refractivity contribution in [3.8, 4) is 0 Å². The lowest BCUT2D eigenvalue weighted by atomic mass is 10.0. The summed E-state index contributed by atoms with van der Waals surface area (Å²) in [6.45, 7) is 3.16. The molecule has 0 aliphatic rings. The number of nitrogens with two attached hydrogens (primary N) is 2. The van der Waals surface area contributed by atoms with Gasteiger partial charge < -0.3 is 56.6 Å². The molecule has 0 bridgehead atoms. The highest BCUT2D eigenvalue weighted by Gasteiger charge is 2.15. The number of carbonyl (C=O) groups is 4. The van der Waals surface area contributed by atoms with E-state index in [2.05, 4.69) is 21.3 Å². The van der Waals surface area contributed by atoms with Gasteiger partial charge in [0.2, 0.25) is 11.8 Å². The molecule has 42 heavy (non-hydrogen) atoms. The summed E-state index contributed by atoms with van der Waals surface area (Å²) in [7, 11) is 0. The molecule has 0 heterocycles. The summed E-state index contributed by atoms with van der Waals surface area (Å²) >= 11 is 0. The van der Waals surface area contributed by atoms with Gasteiger partial charge in [0, 0.05) is 49.3 Å². The predicted octanol–water partition coefficient (Wildman–Crippen LogP) is -2.98. The van der Waals surface area contributed by atoms with Crippen LogP contribution in [0, 0.1) is 0 Å². The highest BCUT2D eigenvalue weighted by atomic mass is 16.5. The molecule has 1 aromatic rings. The molecule has 10 N–H and O–H groups in total. The molecule has 1 unspecified atom stereocenters. The fraction of sp³-hybridized carbons (Fsp3) is 0.615. The Kier molecular flexibility index (Phi) is 20.5. The lowest BCUT2D eigenvalue weighted by Gasteiger charge is -2.11. The maximum Gasteiger partial charge on any atom is 0.251 e. The number of nitrogens with one attached hydrogen (secondary N) is 4. The first-order valence-electron chi connectivity index (χ1n) is 13.6. The van der Waals surface area contributed by atoms with Gasteiger partial charge in [0.15, 0.2) is 0 Å². The number of rotatable bonds is 25. The van der Waals surface area contributed by atoms with Gasteiger partial charge in [0.05, 0.1) is 59.6 Å². The van der Waals surface area contributed by atoms with Gasteiger partial charge in [-0.05, 0) is 24.6 Å². The number of primary amides is 1. The molecular formula is C26H44N6O10. The Labute approximate surface area is 244 Å². The molecule has 0 aliphatic carbocycles. The van der Waals surface area contributed by atoms with Crippen LogP contribution in [-0.4, -0.2) is 126 Å². The van der Waals surface area contributed by atoms with Crippen molar-refractivity contribution in [2.75, 3.05) is 85.8 Å². The van der Waals surface area contributed by atoms with Crippen LogP contribution in [0.4, 0.5) is 0 Å². The quantitative estimate of drug-likeness (QED) is 0.0414. The third-order valence-electron chi connectivity index (χ3n) is 5.35. The van der Waals surface area contributed by atoms with E-state index in [-0.39, 0.29) is 88.3 Å². The van der Waals surface area contributed by atoms with E-state index in [0.29, 0.717) is 32.9 Å². The first kappa shape index (κ1) is 36.8. The lowest BCUT2D eigenvalue weighted by Crippen LogP contribution is -2.33. The zero-order chi connectivity index (χ0) is 31.0. The first-order chi connectivity index (χ1) is 20.3. The molecule has 0 aromatic heterocycles. The highest BCUT2D eigenvalue weighted by Crippen LogP contribution is 2.11. The zero-order valence-corrected chi connectivity index (χ0v) is 23.7. The molecule has 4 amide bonds. The van der Waals surface area contributed by atoms with Crippen LogP contribution in [0.5, 0.6) is 0 Å². The number of aliphatic hydroxyl groups is 2. The average Bonchev–Trinajstić information content (AvgIpc) is 2.98. The van der Waals surface area contributed by atoms with Gasteiger partial charge >= 0.3 is 0 Å². The predicted molar refractivity (Wildman–Crippen MR) is 150 cm³/mol. The highest BCUT2D eigenvalue weighted by molar-refractivity contribution is 6.04. The monoisotopic (exact) mass is 600 g/mol. The van der Waals surface area contributed by atoms with Gasteiger partial charge in [-0.15, -0.1) is 0 Å². The van der Waals surface area contributed by atoms with Gasteiger partial charge in [-0.2, -0.15) is 0 Å². The number of aliphatic hydroxyl groups excluding tert-OH is 2. The van der Waals surface area contributed by atoms with Crippen molar-refractivity contribution in [2.24, 2.45) is 11.5 Å². The Bertz CT molecular complexity index is 952. The minimum atomic E-state index is -0.947. The Morgan fingerprint density at radius 3 is 1.62 bits per heavy atom. The summed E-state index contributed by atoms with van der Waals surface area (Å²) in [4.78, 5) is 48.5. The molecule has 0 spiro atoms. The minimum absolute atomic E-state index is 0.0157. The van der Waals surface area contributed by atoms with Crippen molar-refractivity contribution in [3.05, 3.63) is 34.9 Å². The largest absolute Gasteiger partial charge is 0.381 e. The number of carbonyl (C=O) groups excluding carboxylic acids is 4. The Balaban J connectivity index is 2.28. The number of amides is 4. The van der Waals surface area contributed by atoms with Crippen LogP contribution in [0.3, 0.4) is 0 Å². The molecular weight excluding hydrogens is 556 g/mol. The molecule has 0 aliphatic heterocycles. The molecule has 0 saturated carbocycles. The first-order valence-corrected chi connectivity index (χ1v) is 13.6. The van der Waals surface area contributed by atoms with Crippen molar-refractivity contribution in [1.82, 2.24) is 21.3 Å². The summed E-state index contributed by atoms with van der Waals surface area (Å²) in [5.74, 6) is -2.03. The molecule has 16 nitrogen and oxygen atoms in total. The number of hydrogen-bond donors (Lipinski definition) is 8. The van der Waals surface area contributed by atoms with E-state index in [1.807, 2.05) is 0 Å². The van der Waals surface area contributed by atoms with Crippen LogP contribution in [-0.2, 0) is 23.7 Å². The van der Waals surface area contributed by atoms with Crippen molar-refractivity contribution >= 4 is 23.6 Å². The third-order valence-corrected chi connectivity index (χ3v) is 5.35. The Morgan fingerprint density at radius 2 is 1.17 bits per heavy atom. The van der Waals surface area contributed by atoms with Crippen molar-refractivity contribution in [2.45, 2.75) is 19.1 Å². The Morgan fingerprint density at radius 1 is 0.714 bits per heavy atom. The molecule has 238 valence electrons. The fourth-order valence-corrected chi connectivity index (χ4v) is 3.26. The maximum absolute atomic E-state index is 12.6. The van der Waals surface area contributed by atoms with Gasteiger partial charge in [-0.1, -0.05) is 0 Å². The summed E-state index contributed by atoms with van der Waals surface area (Å²) in [5.41, 5.74) is 10.9. The maximum atomic E-state index is 12.6. The normalized spacial score (nSPS) is 11.6. The van der Waals surface area contributed by atoms with Crippen LogP contribution in [0.2, 0.25) is 0 Å². The summed E-state index contributed by atoms with van der Waals surface area (Å²) in [5, 5.41) is 28.3. The average molecular weight is 601 g/mol. The molecule has 0 saturated heterocycles. The van der Waals surface area contributed by atoms with E-state index in [1.165, 1.54) is 18.2 Å². The van der Waals surface area contributed by atoms with Crippen LogP contribution >= 0.6 is 0 Å². The Hall–Kier alpha value is -3.22. The van der Waals surface area contributed by atoms with E-state index >= 15 is 0 Å². The van der Waals surface area contributed by atoms with Gasteiger partial charge in [-0.3, -0.25) is 24.5 Å². The number of hydrogen-bond acceptors (Lipinski definition) is 12. The van der Waals surface area contributed by atoms with Crippen molar-refractivity contribution in [1.29, 1.82) is 0 Å². The van der Waals surface area contributed by atoms with E-state index in [0.717, 1.165) is 0 Å². The number of ether oxygens (including phenoxy) is 4. The molecule has 0 fully saturated rings. The standard InChI is InChI=1S/C26H44N6O10/c27-3-7-39-11-12-41-9-5-30-25(37)20-15-19(24(28)36)16-21(17-20)26(38)31-6-10-42-14-13-40-8-4-29-22(34)1-2-23(35)32-18-33/h15-17,23,32-33,35H,1-14,18,27H2,(H2,28,36)(H,29,34)(H,30,37)(H,31,38). The molecule has 1 rings (SSSR count). The number of benzene rings is 1. The minimum Gasteiger partial charge on any atom is -0.381 e. The van der Waals surface area contributed by atoms with Crippen LogP contribution in [0.1, 0.15) is 43.9 Å². The van der Waals surface area contributed by atoms with Crippen molar-refractivity contribution < 1.29 is 48.3 Å². The molecule has 1 atom stereocenters. The molecule has 1 aromatic carbocycles. The van der Waals surface area contributed by atoms with E-state index < -0.39 is 23.9 Å². The second-order valence-corrected chi connectivity index (χ2v) is 8.68. The van der Waals surface area contributed by atoms with E-state index in [9.17, 15) is 24.3 Å². The molecule has 16 heteroatoms. The second-order valence-electron chi connectivity index (χ2n) is 8.68. The third kappa shape index (κ3) is 17.6. The van der Waals surface area contributed by atoms with Gasteiger partial charge in [0.25, 0.3) is 11.8 Å². The van der Waals surface area contributed by atoms with Crippen molar-refractivity contribution in [3.63, 3.8) is 0 Å². The smallest absolute Gasteiger partial charge is 0.251 e. The van der Waals surface area contributed by atoms with Crippen LogP contribution in [0.25, 0.3) is 0 Å². The van der Waals surface area contributed by atoms with Crippen LogP contribution in [0.15, 0.2) is 18.2 Å².